The van der Waals surface area contributed by atoms with Crippen molar-refractivity contribution in [2.24, 2.45) is 5.73 Å². The summed E-state index contributed by atoms with van der Waals surface area (Å²) >= 11 is 0. The van der Waals surface area contributed by atoms with E-state index in [9.17, 15) is 4.79 Å². The number of rotatable bonds is 3. The first-order valence-electron chi connectivity index (χ1n) is 3.90. The van der Waals surface area contributed by atoms with Crippen molar-refractivity contribution in [1.82, 2.24) is 0 Å². The Morgan fingerprint density at radius 3 is 2.36 bits per heavy atom. The molecular formula is C8H19N2O+. The van der Waals surface area contributed by atoms with E-state index in [2.05, 4.69) is 23.9 Å². The van der Waals surface area contributed by atoms with Gasteiger partial charge in [0.2, 0.25) is 5.91 Å². The summed E-state index contributed by atoms with van der Waals surface area (Å²) in [6.45, 7) is 3.50. The molecule has 0 heterocycles. The van der Waals surface area contributed by atoms with E-state index in [4.69, 9.17) is 0 Å². The number of carbonyl (C=O) groups is 1. The maximum absolute atomic E-state index is 9.22. The Hall–Kier alpha value is -0.860. The van der Waals surface area contributed by atoms with E-state index >= 15 is 0 Å². The lowest BCUT2D eigenvalue weighted by Gasteiger charge is -1.79. The van der Waals surface area contributed by atoms with Crippen molar-refractivity contribution in [3.05, 3.63) is 0 Å². The Morgan fingerprint density at radius 2 is 2.09 bits per heavy atom. The van der Waals surface area contributed by atoms with Gasteiger partial charge in [0.1, 0.15) is 13.3 Å². The molecule has 0 aliphatic rings. The summed E-state index contributed by atoms with van der Waals surface area (Å²) in [5, 5.41) is 0. The number of hydrogen-bond donors (Lipinski definition) is 2. The first-order chi connectivity index (χ1) is 5.15. The zero-order chi connectivity index (χ0) is 9.11. The molecule has 3 N–H and O–H groups in total. The van der Waals surface area contributed by atoms with Gasteiger partial charge in [-0.1, -0.05) is 13.3 Å². The lowest BCUT2D eigenvalue weighted by atomic mass is 10.3. The van der Waals surface area contributed by atoms with E-state index in [0.717, 1.165) is 0 Å². The first kappa shape index (κ1) is 12.8. The molecule has 0 spiro atoms. The van der Waals surface area contributed by atoms with Gasteiger partial charge in [-0.2, -0.15) is 0 Å². The van der Waals surface area contributed by atoms with Crippen molar-refractivity contribution in [2.45, 2.75) is 33.1 Å². The summed E-state index contributed by atoms with van der Waals surface area (Å²) in [6.07, 6.45) is 5.88. The van der Waals surface area contributed by atoms with Crippen LogP contribution in [0.15, 0.2) is 0 Å². The zero-order valence-corrected chi connectivity index (χ0v) is 7.68. The fraction of sp³-hybridized carbons (Fsp3) is 0.750. The molecule has 0 atom stereocenters. The zero-order valence-electron chi connectivity index (χ0n) is 7.68. The predicted molar refractivity (Wildman–Crippen MR) is 47.3 cm³/mol. The van der Waals surface area contributed by atoms with Gasteiger partial charge < -0.3 is 5.73 Å². The van der Waals surface area contributed by atoms with E-state index in [1.165, 1.54) is 26.2 Å². The van der Waals surface area contributed by atoms with Crippen LogP contribution in [-0.4, -0.2) is 19.2 Å². The monoisotopic (exact) mass is 163 g/mol. The molecule has 0 fully saturated rings. The molecule has 0 aliphatic carbocycles. The topological polar surface area (TPSA) is 57.1 Å². The summed E-state index contributed by atoms with van der Waals surface area (Å²) in [6, 6.07) is 0. The van der Waals surface area contributed by atoms with Gasteiger partial charge in [0.05, 0.1) is 0 Å². The Balaban J connectivity index is 0. The standard InChI is InChI=1S/C6H13N.C2H5NO/c1-3-4-5-6-7-2;1-2(3)4/h6H,3-5H2,1-2H3;1H3,(H2,3,4)/p+1/i1+1,2+1,7+1;2+1. The largest absolute Gasteiger partial charge is 0.370 e. The minimum Gasteiger partial charge on any atom is -0.370 e. The summed E-state index contributed by atoms with van der Waals surface area (Å²) < 4.78 is 0. The molecule has 0 bridgehead atoms. The second-order valence-corrected chi connectivity index (χ2v) is 2.25. The molecule has 0 saturated heterocycles. The van der Waals surface area contributed by atoms with Gasteiger partial charge in [-0.25, -0.2) is 0 Å². The van der Waals surface area contributed by atoms with Gasteiger partial charge in [-0.05, 0) is 6.42 Å². The van der Waals surface area contributed by atoms with Crippen LogP contribution in [0.4, 0.5) is 0 Å². The molecule has 3 heteroatoms. The molecule has 0 aromatic carbocycles. The van der Waals surface area contributed by atoms with Crippen LogP contribution in [0.5, 0.6) is 0 Å². The molecule has 11 heavy (non-hydrogen) atoms. The first-order valence-corrected chi connectivity index (χ1v) is 3.90. The molecule has 66 valence electrons. The van der Waals surface area contributed by atoms with Crippen LogP contribution in [0.2, 0.25) is 0 Å². The number of nitrogens with one attached hydrogen (secondary N) is 1. The summed E-state index contributed by atoms with van der Waals surface area (Å²) in [4.78, 5) is 12.2. The minimum absolute atomic E-state index is 0.333. The highest BCUT2D eigenvalue weighted by atomic mass is 16.2. The van der Waals surface area contributed by atoms with Gasteiger partial charge in [0.25, 0.3) is 0 Å². The third-order valence-corrected chi connectivity index (χ3v) is 0.906. The average molecular weight is 163 g/mol. The SMILES string of the molecule is C[13C](N)=O.[13CH3]CCCC=[15NH+][13CH3]. The maximum Gasteiger partial charge on any atom is 0.214 e. The molecule has 3 nitrogen and oxygen atoms in total. The highest BCUT2D eigenvalue weighted by Gasteiger charge is 1.77. The van der Waals surface area contributed by atoms with Gasteiger partial charge in [-0.15, -0.1) is 0 Å². The van der Waals surface area contributed by atoms with Gasteiger partial charge in [0.15, 0.2) is 0 Å². The van der Waals surface area contributed by atoms with Crippen molar-refractivity contribution in [3.8, 4) is 0 Å². The summed E-state index contributed by atoms with van der Waals surface area (Å²) in [5.41, 5.74) is 4.47. The smallest absolute Gasteiger partial charge is 0.214 e. The number of primary amides is 1. The lowest BCUT2D eigenvalue weighted by molar-refractivity contribution is -0.415. The lowest BCUT2D eigenvalue weighted by Crippen LogP contribution is -2.62. The van der Waals surface area contributed by atoms with Gasteiger partial charge in [-0.3, -0.25) is 9.79 Å². The van der Waals surface area contributed by atoms with Crippen LogP contribution in [-0.2, 0) is 4.79 Å². The number of amides is 1. The molecule has 1 amide bonds. The molecule has 0 aromatic rings. The number of nitrogens with two attached hydrogens (primary N) is 1. The highest BCUT2D eigenvalue weighted by Crippen LogP contribution is 1.86. The second kappa shape index (κ2) is 11.9. The number of unbranched alkanes of at least 4 members (excludes halogenated alkanes) is 2. The third-order valence-electron chi connectivity index (χ3n) is 0.906. The van der Waals surface area contributed by atoms with Crippen molar-refractivity contribution in [1.29, 1.82) is 0 Å². The Morgan fingerprint density at radius 1 is 1.64 bits per heavy atom. The van der Waals surface area contributed by atoms with Crippen LogP contribution in [0.3, 0.4) is 0 Å². The van der Waals surface area contributed by atoms with Crippen LogP contribution >= 0.6 is 0 Å². The minimum atomic E-state index is -0.333. The molecule has 0 saturated carbocycles. The van der Waals surface area contributed by atoms with E-state index < -0.39 is 0 Å². The Kier molecular flexibility index (Phi) is 13.8. The van der Waals surface area contributed by atoms with Gasteiger partial charge >= 0.3 is 0 Å². The molecule has 0 rings (SSSR count). The molecular weight excluding hydrogens is 144 g/mol. The van der Waals surface area contributed by atoms with E-state index in [1.807, 2.05) is 7.05 Å². The fourth-order valence-corrected chi connectivity index (χ4v) is 0.451. The van der Waals surface area contributed by atoms with E-state index in [-0.39, 0.29) is 5.91 Å². The third kappa shape index (κ3) is 47.3. The van der Waals surface area contributed by atoms with E-state index in [0.29, 0.717) is 0 Å². The average Bonchev–Trinajstić information content (AvgIpc) is 1.88. The van der Waals surface area contributed by atoms with Crippen molar-refractivity contribution < 1.29 is 9.79 Å². The van der Waals surface area contributed by atoms with Crippen LogP contribution < -0.4 is 10.7 Å². The van der Waals surface area contributed by atoms with Crippen LogP contribution in [0, 0.1) is 0 Å². The number of carbonyl (C=O) groups excluding carboxylic acids is 1. The molecule has 0 aromatic heterocycles. The van der Waals surface area contributed by atoms with Crippen molar-refractivity contribution in [3.63, 3.8) is 0 Å². The fourth-order valence-electron chi connectivity index (χ4n) is 0.451. The number of hydrogen-bond acceptors (Lipinski definition) is 1. The normalized spacial score (nSPS) is 9.00. The second-order valence-electron chi connectivity index (χ2n) is 2.25. The summed E-state index contributed by atoms with van der Waals surface area (Å²) in [5.74, 6) is -0.333. The molecule has 0 unspecified atom stereocenters. The van der Waals surface area contributed by atoms with Crippen LogP contribution in [0.25, 0.3) is 0 Å². The van der Waals surface area contributed by atoms with Gasteiger partial charge in [0, 0.05) is 13.3 Å². The van der Waals surface area contributed by atoms with Crippen molar-refractivity contribution in [2.75, 3.05) is 7.05 Å². The van der Waals surface area contributed by atoms with Crippen LogP contribution in [0.1, 0.15) is 33.1 Å². The molecule has 0 radical (unpaired) electrons. The predicted octanol–water partition coefficient (Wildman–Crippen LogP) is -0.551. The van der Waals surface area contributed by atoms with Crippen molar-refractivity contribution >= 4 is 12.1 Å². The quantitative estimate of drug-likeness (QED) is 0.249. The van der Waals surface area contributed by atoms with E-state index in [1.54, 1.807) is 0 Å². The maximum atomic E-state index is 9.22. The Labute approximate surface area is 68.7 Å². The Bertz CT molecular complexity index is 107. The molecule has 0 aliphatic heterocycles. The highest BCUT2D eigenvalue weighted by molar-refractivity contribution is 5.70. The summed E-state index contributed by atoms with van der Waals surface area (Å²) in [7, 11) is 1.94.